The fourth-order valence-electron chi connectivity index (χ4n) is 3.27. The van der Waals surface area contributed by atoms with E-state index >= 15 is 0 Å². The van der Waals surface area contributed by atoms with Gasteiger partial charge in [0.25, 0.3) is 0 Å². The average Bonchev–Trinajstić information content (AvgIpc) is 3.02. The van der Waals surface area contributed by atoms with Crippen molar-refractivity contribution < 1.29 is 14.3 Å². The highest BCUT2D eigenvalue weighted by Gasteiger charge is 2.38. The molecule has 1 aromatic rings. The zero-order valence-corrected chi connectivity index (χ0v) is 16.6. The lowest BCUT2D eigenvalue weighted by Crippen LogP contribution is -2.41. The molecule has 148 valence electrons. The van der Waals surface area contributed by atoms with Crippen LogP contribution in [0.3, 0.4) is 0 Å². The lowest BCUT2D eigenvalue weighted by molar-refractivity contribution is -0.146. The van der Waals surface area contributed by atoms with E-state index in [2.05, 4.69) is 15.7 Å². The van der Waals surface area contributed by atoms with Crippen molar-refractivity contribution in [2.75, 3.05) is 20.2 Å². The van der Waals surface area contributed by atoms with E-state index in [0.29, 0.717) is 19.0 Å². The molecule has 1 atom stereocenters. The SMILES string of the molecule is CCOC(=O)C1CN2NC=NC(=Nc3cc(CC(=O)NC)ccc3C)C2=C1C. The Bertz CT molecular complexity index is 888. The lowest BCUT2D eigenvalue weighted by atomic mass is 10.0. The number of benzene rings is 1. The minimum absolute atomic E-state index is 0.0554. The van der Waals surface area contributed by atoms with Gasteiger partial charge < -0.3 is 10.1 Å². The Balaban J connectivity index is 1.96. The molecule has 1 amide bonds. The number of hydrazine groups is 1. The van der Waals surface area contributed by atoms with E-state index in [9.17, 15) is 9.59 Å². The molecule has 3 rings (SSSR count). The molecule has 0 aliphatic carbocycles. The maximum Gasteiger partial charge on any atom is 0.315 e. The smallest absolute Gasteiger partial charge is 0.315 e. The van der Waals surface area contributed by atoms with Crippen LogP contribution >= 0.6 is 0 Å². The molecule has 0 radical (unpaired) electrons. The summed E-state index contributed by atoms with van der Waals surface area (Å²) in [5.41, 5.74) is 7.32. The van der Waals surface area contributed by atoms with E-state index in [4.69, 9.17) is 9.73 Å². The summed E-state index contributed by atoms with van der Waals surface area (Å²) >= 11 is 0. The molecule has 8 heteroatoms. The maximum absolute atomic E-state index is 12.3. The summed E-state index contributed by atoms with van der Waals surface area (Å²) < 4.78 is 5.19. The van der Waals surface area contributed by atoms with Crippen LogP contribution < -0.4 is 10.7 Å². The molecule has 2 N–H and O–H groups in total. The van der Waals surface area contributed by atoms with E-state index in [1.54, 1.807) is 20.3 Å². The van der Waals surface area contributed by atoms with Crippen molar-refractivity contribution in [3.63, 3.8) is 0 Å². The predicted molar refractivity (Wildman–Crippen MR) is 107 cm³/mol. The number of amides is 1. The Morgan fingerprint density at radius 1 is 1.39 bits per heavy atom. The van der Waals surface area contributed by atoms with Crippen LogP contribution in [0.25, 0.3) is 0 Å². The third kappa shape index (κ3) is 3.90. The van der Waals surface area contributed by atoms with Crippen LogP contribution in [0.5, 0.6) is 0 Å². The number of amidine groups is 1. The highest BCUT2D eigenvalue weighted by Crippen LogP contribution is 2.32. The number of rotatable bonds is 5. The van der Waals surface area contributed by atoms with Crippen LogP contribution in [-0.2, 0) is 20.7 Å². The van der Waals surface area contributed by atoms with Crippen LogP contribution in [0.4, 0.5) is 5.69 Å². The van der Waals surface area contributed by atoms with Gasteiger partial charge in [-0.1, -0.05) is 12.1 Å². The predicted octanol–water partition coefficient (Wildman–Crippen LogP) is 1.63. The van der Waals surface area contributed by atoms with E-state index in [1.165, 1.54) is 0 Å². The summed E-state index contributed by atoms with van der Waals surface area (Å²) in [5, 5.41) is 4.49. The monoisotopic (exact) mass is 383 g/mol. The first-order valence-corrected chi connectivity index (χ1v) is 9.27. The molecule has 0 spiro atoms. The van der Waals surface area contributed by atoms with Gasteiger partial charge in [-0.2, -0.15) is 0 Å². The summed E-state index contributed by atoms with van der Waals surface area (Å²) in [6, 6.07) is 5.76. The standard InChI is InChI=1S/C20H25N5O3/c1-5-28-20(27)15-10-25-18(13(15)3)19(22-11-23-25)24-16-8-14(7-6-12(16)2)9-17(26)21-4/h6-8,11,15H,5,9-10H2,1-4H3,(H,21,26)(H,22,23,24). The van der Waals surface area contributed by atoms with Gasteiger partial charge in [-0.25, -0.2) is 9.98 Å². The average molecular weight is 383 g/mol. The van der Waals surface area contributed by atoms with Crippen molar-refractivity contribution in [2.45, 2.75) is 27.2 Å². The number of nitrogens with one attached hydrogen (secondary N) is 2. The molecule has 2 heterocycles. The van der Waals surface area contributed by atoms with Gasteiger partial charge in [0.2, 0.25) is 5.91 Å². The largest absolute Gasteiger partial charge is 0.465 e. The fourth-order valence-corrected chi connectivity index (χ4v) is 3.27. The van der Waals surface area contributed by atoms with Crippen molar-refractivity contribution in [2.24, 2.45) is 15.9 Å². The number of fused-ring (bicyclic) bond motifs is 1. The molecule has 28 heavy (non-hydrogen) atoms. The summed E-state index contributed by atoms with van der Waals surface area (Å²) in [5.74, 6) is -0.120. The van der Waals surface area contributed by atoms with Crippen LogP contribution in [0.1, 0.15) is 25.0 Å². The number of aliphatic imine (C=N–C) groups is 2. The van der Waals surface area contributed by atoms with Gasteiger partial charge in [0.15, 0.2) is 5.84 Å². The molecule has 0 aromatic heterocycles. The molecule has 0 saturated carbocycles. The summed E-state index contributed by atoms with van der Waals surface area (Å²) in [7, 11) is 1.62. The van der Waals surface area contributed by atoms with Crippen molar-refractivity contribution in [3.8, 4) is 0 Å². The van der Waals surface area contributed by atoms with Crippen molar-refractivity contribution >= 4 is 29.7 Å². The Labute approximate surface area is 164 Å². The van der Waals surface area contributed by atoms with Crippen LogP contribution in [0.2, 0.25) is 0 Å². The van der Waals surface area contributed by atoms with Gasteiger partial charge in [0, 0.05) is 7.05 Å². The number of carbonyl (C=O) groups is 2. The lowest BCUT2D eigenvalue weighted by Gasteiger charge is -2.25. The van der Waals surface area contributed by atoms with Crippen molar-refractivity contribution in [3.05, 3.63) is 40.6 Å². The molecule has 0 bridgehead atoms. The topological polar surface area (TPSA) is 95.4 Å². The van der Waals surface area contributed by atoms with E-state index in [-0.39, 0.29) is 24.2 Å². The Hall–Kier alpha value is -3.16. The van der Waals surface area contributed by atoms with Crippen LogP contribution in [0.15, 0.2) is 39.5 Å². The Kier molecular flexibility index (Phi) is 5.77. The van der Waals surface area contributed by atoms with Gasteiger partial charge in [0.05, 0.1) is 31.2 Å². The van der Waals surface area contributed by atoms with Gasteiger partial charge >= 0.3 is 5.97 Å². The number of aryl methyl sites for hydroxylation is 1. The normalized spacial score (nSPS) is 19.5. The molecular weight excluding hydrogens is 358 g/mol. The molecule has 2 aliphatic heterocycles. The molecule has 0 saturated heterocycles. The number of carbonyl (C=O) groups excluding carboxylic acids is 2. The number of esters is 1. The second-order valence-electron chi connectivity index (χ2n) is 6.74. The quantitative estimate of drug-likeness (QED) is 0.754. The van der Waals surface area contributed by atoms with Crippen molar-refractivity contribution in [1.29, 1.82) is 0 Å². The molecule has 2 aliphatic rings. The highest BCUT2D eigenvalue weighted by molar-refractivity contribution is 6.06. The first-order valence-electron chi connectivity index (χ1n) is 9.27. The Morgan fingerprint density at radius 2 is 2.18 bits per heavy atom. The highest BCUT2D eigenvalue weighted by atomic mass is 16.5. The second-order valence-corrected chi connectivity index (χ2v) is 6.74. The molecule has 8 nitrogen and oxygen atoms in total. The van der Waals surface area contributed by atoms with Gasteiger partial charge in [-0.05, 0) is 43.5 Å². The maximum atomic E-state index is 12.3. The number of likely N-dealkylation sites (N-methyl/N-ethyl adjacent to an activating group) is 1. The van der Waals surface area contributed by atoms with Crippen molar-refractivity contribution in [1.82, 2.24) is 15.8 Å². The Morgan fingerprint density at radius 3 is 2.89 bits per heavy atom. The summed E-state index contributed by atoms with van der Waals surface area (Å²) in [4.78, 5) is 33.1. The first kappa shape index (κ1) is 19.6. The molecule has 1 aromatic carbocycles. The molecule has 0 fully saturated rings. The van der Waals surface area contributed by atoms with E-state index in [0.717, 1.165) is 28.1 Å². The molecular formula is C20H25N5O3. The minimum Gasteiger partial charge on any atom is -0.465 e. The summed E-state index contributed by atoms with van der Waals surface area (Å²) in [6.07, 6.45) is 1.85. The van der Waals surface area contributed by atoms with Gasteiger partial charge in [-0.3, -0.25) is 20.0 Å². The zero-order chi connectivity index (χ0) is 20.3. The first-order chi connectivity index (χ1) is 13.4. The van der Waals surface area contributed by atoms with E-state index in [1.807, 2.05) is 37.1 Å². The number of hydrogen-bond acceptors (Lipinski definition) is 6. The fraction of sp³-hybridized carbons (Fsp3) is 0.400. The minimum atomic E-state index is -0.352. The number of ether oxygens (including phenoxy) is 1. The second kappa shape index (κ2) is 8.24. The third-order valence-electron chi connectivity index (χ3n) is 4.86. The van der Waals surface area contributed by atoms with Crippen LogP contribution in [0, 0.1) is 12.8 Å². The number of nitrogens with zero attached hydrogens (tertiary/aromatic N) is 3. The zero-order valence-electron chi connectivity index (χ0n) is 16.6. The molecule has 1 unspecified atom stereocenters. The van der Waals surface area contributed by atoms with E-state index < -0.39 is 0 Å². The summed E-state index contributed by atoms with van der Waals surface area (Å²) in [6.45, 7) is 6.49. The van der Waals surface area contributed by atoms with Crippen LogP contribution in [-0.4, -0.2) is 49.3 Å². The third-order valence-corrected chi connectivity index (χ3v) is 4.86. The van der Waals surface area contributed by atoms with Gasteiger partial charge in [0.1, 0.15) is 12.0 Å². The van der Waals surface area contributed by atoms with Gasteiger partial charge in [-0.15, -0.1) is 0 Å². The number of hydrogen-bond donors (Lipinski definition) is 2.